The lowest BCUT2D eigenvalue weighted by molar-refractivity contribution is 0.464. The second-order valence-corrected chi connectivity index (χ2v) is 7.11. The lowest BCUT2D eigenvalue weighted by Crippen LogP contribution is -2.23. The van der Waals surface area contributed by atoms with Gasteiger partial charge in [0.25, 0.3) is 0 Å². The molecule has 0 aromatic heterocycles. The van der Waals surface area contributed by atoms with Gasteiger partial charge in [-0.05, 0) is 54.7 Å². The van der Waals surface area contributed by atoms with E-state index in [4.69, 9.17) is 0 Å². The molecule has 104 valence electrons. The zero-order valence-electron chi connectivity index (χ0n) is 11.4. The summed E-state index contributed by atoms with van der Waals surface area (Å²) < 4.78 is 2.35. The van der Waals surface area contributed by atoms with E-state index in [-0.39, 0.29) is 0 Å². The number of halogens is 2. The molecule has 0 saturated heterocycles. The maximum absolute atomic E-state index is 3.77. The fourth-order valence-corrected chi connectivity index (χ4v) is 4.01. The number of hydrogen-bond donors (Lipinski definition) is 1. The molecule has 0 bridgehead atoms. The summed E-state index contributed by atoms with van der Waals surface area (Å²) in [4.78, 5) is 0. The molecular formula is C17H17Br2N. The van der Waals surface area contributed by atoms with Crippen molar-refractivity contribution in [3.63, 3.8) is 0 Å². The Balaban J connectivity index is 1.79. The molecule has 3 rings (SSSR count). The van der Waals surface area contributed by atoms with E-state index in [1.807, 2.05) is 0 Å². The first kappa shape index (κ1) is 14.3. The van der Waals surface area contributed by atoms with Gasteiger partial charge in [0.05, 0.1) is 0 Å². The van der Waals surface area contributed by atoms with Gasteiger partial charge in [0.15, 0.2) is 0 Å². The standard InChI is InChI=1S/C17H17Br2N/c1-11(14-4-2-3-5-16(14)19)20-17-9-6-12-10-13(18)7-8-15(12)17/h2-5,7-8,10-11,17,20H,6,9H2,1H3/t11-,17?/m0/s1. The van der Waals surface area contributed by atoms with Gasteiger partial charge in [0.2, 0.25) is 0 Å². The molecule has 1 N–H and O–H groups in total. The first-order chi connectivity index (χ1) is 9.65. The highest BCUT2D eigenvalue weighted by molar-refractivity contribution is 9.10. The normalized spacial score (nSPS) is 18.9. The largest absolute Gasteiger partial charge is 0.303 e. The molecular weight excluding hydrogens is 378 g/mol. The number of hydrogen-bond acceptors (Lipinski definition) is 1. The van der Waals surface area contributed by atoms with Crippen LogP contribution >= 0.6 is 31.9 Å². The van der Waals surface area contributed by atoms with Crippen molar-refractivity contribution in [3.05, 3.63) is 68.1 Å². The summed E-state index contributed by atoms with van der Waals surface area (Å²) in [6.07, 6.45) is 2.34. The third kappa shape index (κ3) is 2.85. The third-order valence-electron chi connectivity index (χ3n) is 4.01. The van der Waals surface area contributed by atoms with Crippen molar-refractivity contribution < 1.29 is 0 Å². The molecule has 2 aromatic carbocycles. The van der Waals surface area contributed by atoms with Gasteiger partial charge < -0.3 is 5.32 Å². The lowest BCUT2D eigenvalue weighted by Gasteiger charge is -2.21. The Kier molecular flexibility index (Phi) is 4.29. The van der Waals surface area contributed by atoms with E-state index in [2.05, 4.69) is 86.6 Å². The van der Waals surface area contributed by atoms with E-state index in [9.17, 15) is 0 Å². The van der Waals surface area contributed by atoms with Crippen LogP contribution in [0.2, 0.25) is 0 Å². The summed E-state index contributed by atoms with van der Waals surface area (Å²) in [7, 11) is 0. The molecule has 1 aliphatic carbocycles. The molecule has 0 fully saturated rings. The molecule has 20 heavy (non-hydrogen) atoms. The zero-order chi connectivity index (χ0) is 14.1. The number of benzene rings is 2. The molecule has 1 aliphatic rings. The van der Waals surface area contributed by atoms with Crippen LogP contribution in [0.4, 0.5) is 0 Å². The molecule has 2 atom stereocenters. The van der Waals surface area contributed by atoms with Crippen molar-refractivity contribution in [2.45, 2.75) is 31.8 Å². The average Bonchev–Trinajstić information content (AvgIpc) is 2.81. The first-order valence-corrected chi connectivity index (χ1v) is 8.52. The Morgan fingerprint density at radius 1 is 1.15 bits per heavy atom. The molecule has 0 aliphatic heterocycles. The Labute approximate surface area is 137 Å². The van der Waals surface area contributed by atoms with Gasteiger partial charge in [-0.25, -0.2) is 0 Å². The minimum atomic E-state index is 0.338. The quantitative estimate of drug-likeness (QED) is 0.719. The second kappa shape index (κ2) is 6.00. The van der Waals surface area contributed by atoms with Crippen LogP contribution in [0.3, 0.4) is 0 Å². The molecule has 0 spiro atoms. The molecule has 0 radical (unpaired) electrons. The minimum Gasteiger partial charge on any atom is -0.303 e. The van der Waals surface area contributed by atoms with Gasteiger partial charge in [-0.1, -0.05) is 56.1 Å². The summed E-state index contributed by atoms with van der Waals surface area (Å²) in [6.45, 7) is 2.23. The minimum absolute atomic E-state index is 0.338. The van der Waals surface area contributed by atoms with Crippen LogP contribution in [0.25, 0.3) is 0 Å². The summed E-state index contributed by atoms with van der Waals surface area (Å²) >= 11 is 7.20. The topological polar surface area (TPSA) is 12.0 Å². The fourth-order valence-electron chi connectivity index (χ4n) is 2.98. The highest BCUT2D eigenvalue weighted by Gasteiger charge is 2.24. The van der Waals surface area contributed by atoms with Crippen molar-refractivity contribution in [1.29, 1.82) is 0 Å². The monoisotopic (exact) mass is 393 g/mol. The summed E-state index contributed by atoms with van der Waals surface area (Å²) in [5.74, 6) is 0. The van der Waals surface area contributed by atoms with Crippen LogP contribution in [0, 0.1) is 0 Å². The van der Waals surface area contributed by atoms with Gasteiger partial charge in [-0.2, -0.15) is 0 Å². The molecule has 1 unspecified atom stereocenters. The van der Waals surface area contributed by atoms with E-state index in [0.717, 1.165) is 6.42 Å². The molecule has 3 heteroatoms. The number of fused-ring (bicyclic) bond motifs is 1. The predicted octanol–water partition coefficient (Wildman–Crippen LogP) is 5.55. The molecule has 0 heterocycles. The molecule has 1 nitrogen and oxygen atoms in total. The smallest absolute Gasteiger partial charge is 0.0331 e. The summed E-state index contributed by atoms with van der Waals surface area (Å²) in [5.41, 5.74) is 4.24. The Morgan fingerprint density at radius 3 is 2.75 bits per heavy atom. The van der Waals surface area contributed by atoms with E-state index < -0.39 is 0 Å². The van der Waals surface area contributed by atoms with Crippen molar-refractivity contribution >= 4 is 31.9 Å². The zero-order valence-corrected chi connectivity index (χ0v) is 14.5. The highest BCUT2D eigenvalue weighted by atomic mass is 79.9. The SMILES string of the molecule is C[C@H](NC1CCc2cc(Br)ccc21)c1ccccc1Br. The van der Waals surface area contributed by atoms with E-state index in [1.165, 1.54) is 32.1 Å². The van der Waals surface area contributed by atoms with Crippen LogP contribution in [-0.2, 0) is 6.42 Å². The average molecular weight is 395 g/mol. The van der Waals surface area contributed by atoms with Crippen LogP contribution in [-0.4, -0.2) is 0 Å². The Hall–Kier alpha value is -0.640. The lowest BCUT2D eigenvalue weighted by atomic mass is 10.0. The third-order valence-corrected chi connectivity index (χ3v) is 5.22. The van der Waals surface area contributed by atoms with Gasteiger partial charge >= 0.3 is 0 Å². The van der Waals surface area contributed by atoms with Crippen LogP contribution in [0.1, 0.15) is 42.1 Å². The van der Waals surface area contributed by atoms with Gasteiger partial charge in [-0.3, -0.25) is 0 Å². The first-order valence-electron chi connectivity index (χ1n) is 6.94. The van der Waals surface area contributed by atoms with E-state index in [1.54, 1.807) is 0 Å². The maximum Gasteiger partial charge on any atom is 0.0331 e. The van der Waals surface area contributed by atoms with Gasteiger partial charge in [0, 0.05) is 21.0 Å². The van der Waals surface area contributed by atoms with Crippen molar-refractivity contribution in [1.82, 2.24) is 5.32 Å². The van der Waals surface area contributed by atoms with Gasteiger partial charge in [-0.15, -0.1) is 0 Å². The van der Waals surface area contributed by atoms with Crippen LogP contribution in [0.5, 0.6) is 0 Å². The van der Waals surface area contributed by atoms with Crippen molar-refractivity contribution in [2.24, 2.45) is 0 Å². The Morgan fingerprint density at radius 2 is 1.95 bits per heavy atom. The van der Waals surface area contributed by atoms with Crippen LogP contribution < -0.4 is 5.32 Å². The van der Waals surface area contributed by atoms with E-state index in [0.29, 0.717) is 12.1 Å². The van der Waals surface area contributed by atoms with E-state index >= 15 is 0 Å². The molecule has 2 aromatic rings. The van der Waals surface area contributed by atoms with Crippen LogP contribution in [0.15, 0.2) is 51.4 Å². The number of rotatable bonds is 3. The fraction of sp³-hybridized carbons (Fsp3) is 0.294. The molecule has 0 saturated carbocycles. The highest BCUT2D eigenvalue weighted by Crippen LogP contribution is 2.35. The van der Waals surface area contributed by atoms with Crippen molar-refractivity contribution in [3.8, 4) is 0 Å². The van der Waals surface area contributed by atoms with Crippen molar-refractivity contribution in [2.75, 3.05) is 0 Å². The molecule has 0 amide bonds. The number of aryl methyl sites for hydroxylation is 1. The summed E-state index contributed by atoms with van der Waals surface area (Å²) in [5, 5.41) is 3.77. The summed E-state index contributed by atoms with van der Waals surface area (Å²) in [6, 6.07) is 15.9. The number of nitrogens with one attached hydrogen (secondary N) is 1. The predicted molar refractivity (Wildman–Crippen MR) is 90.9 cm³/mol. The second-order valence-electron chi connectivity index (χ2n) is 5.34. The van der Waals surface area contributed by atoms with Gasteiger partial charge in [0.1, 0.15) is 0 Å². The Bertz CT molecular complexity index is 624. The maximum atomic E-state index is 3.77.